The van der Waals surface area contributed by atoms with Crippen molar-refractivity contribution in [3.63, 3.8) is 0 Å². The highest BCUT2D eigenvalue weighted by Crippen LogP contribution is 2.26. The van der Waals surface area contributed by atoms with Gasteiger partial charge in [0.15, 0.2) is 17.4 Å². The van der Waals surface area contributed by atoms with Crippen molar-refractivity contribution in [3.05, 3.63) is 29.3 Å². The summed E-state index contributed by atoms with van der Waals surface area (Å²) in [5.74, 6) is -2.39. The molecule has 0 unspecified atom stereocenters. The first-order valence-electron chi connectivity index (χ1n) is 7.60. The first-order chi connectivity index (χ1) is 11.0. The molecule has 1 aromatic rings. The predicted octanol–water partition coefficient (Wildman–Crippen LogP) is 1.38. The number of methoxy groups -OCH3 is 1. The Morgan fingerprint density at radius 3 is 2.57 bits per heavy atom. The summed E-state index contributed by atoms with van der Waals surface area (Å²) in [4.78, 5) is 16.6. The van der Waals surface area contributed by atoms with Crippen LogP contribution in [-0.4, -0.2) is 68.8 Å². The van der Waals surface area contributed by atoms with E-state index in [1.165, 1.54) is 7.11 Å². The molecule has 0 aromatic heterocycles. The van der Waals surface area contributed by atoms with Crippen LogP contribution in [-0.2, 0) is 4.74 Å². The van der Waals surface area contributed by atoms with E-state index in [1.54, 1.807) is 4.90 Å². The monoisotopic (exact) mass is 326 g/mol. The lowest BCUT2D eigenvalue weighted by Gasteiger charge is -2.29. The number of amides is 1. The van der Waals surface area contributed by atoms with Crippen LogP contribution in [0.1, 0.15) is 10.4 Å². The van der Waals surface area contributed by atoms with Gasteiger partial charge in [-0.2, -0.15) is 0 Å². The molecule has 5 nitrogen and oxygen atoms in total. The molecule has 23 heavy (non-hydrogen) atoms. The van der Waals surface area contributed by atoms with E-state index in [2.05, 4.69) is 9.64 Å². The normalized spacial score (nSPS) is 25.1. The summed E-state index contributed by atoms with van der Waals surface area (Å²) in [6, 6.07) is 1.95. The van der Waals surface area contributed by atoms with E-state index in [9.17, 15) is 13.6 Å². The van der Waals surface area contributed by atoms with Gasteiger partial charge in [-0.25, -0.2) is 8.78 Å². The van der Waals surface area contributed by atoms with Crippen LogP contribution in [0.15, 0.2) is 12.1 Å². The first-order valence-corrected chi connectivity index (χ1v) is 7.60. The molecule has 0 spiro atoms. The van der Waals surface area contributed by atoms with E-state index in [0.29, 0.717) is 26.3 Å². The van der Waals surface area contributed by atoms with Gasteiger partial charge >= 0.3 is 0 Å². The van der Waals surface area contributed by atoms with Gasteiger partial charge in [0.2, 0.25) is 0 Å². The second-order valence-corrected chi connectivity index (χ2v) is 6.21. The smallest absolute Gasteiger partial charge is 0.254 e. The number of fused-ring (bicyclic) bond motifs is 3. The van der Waals surface area contributed by atoms with Crippen LogP contribution in [0.4, 0.5) is 8.78 Å². The van der Waals surface area contributed by atoms with Gasteiger partial charge in [-0.15, -0.1) is 0 Å². The van der Waals surface area contributed by atoms with Crippen molar-refractivity contribution >= 4 is 5.91 Å². The molecule has 2 bridgehead atoms. The zero-order valence-electron chi connectivity index (χ0n) is 13.2. The fraction of sp³-hybridized carbons (Fsp3) is 0.562. The Labute approximate surface area is 133 Å². The topological polar surface area (TPSA) is 42.0 Å². The first kappa shape index (κ1) is 16.1. The number of hydrogen-bond donors (Lipinski definition) is 0. The minimum absolute atomic E-state index is 0.00370. The van der Waals surface area contributed by atoms with Gasteiger partial charge in [0.25, 0.3) is 5.91 Å². The van der Waals surface area contributed by atoms with E-state index in [-0.39, 0.29) is 23.4 Å². The zero-order chi connectivity index (χ0) is 16.6. The number of nitrogens with zero attached hydrogens (tertiary/aromatic N) is 2. The second-order valence-electron chi connectivity index (χ2n) is 6.21. The lowest BCUT2D eigenvalue weighted by atomic mass is 10.1. The summed E-state index contributed by atoms with van der Waals surface area (Å²) in [5.41, 5.74) is -0.00370. The van der Waals surface area contributed by atoms with Crippen molar-refractivity contribution in [2.45, 2.75) is 6.04 Å². The molecule has 3 rings (SSSR count). The number of rotatable bonds is 2. The van der Waals surface area contributed by atoms with Crippen molar-refractivity contribution in [2.75, 3.05) is 47.0 Å². The Hall–Kier alpha value is -1.73. The van der Waals surface area contributed by atoms with Gasteiger partial charge in [-0.3, -0.25) is 4.79 Å². The van der Waals surface area contributed by atoms with Crippen molar-refractivity contribution in [3.8, 4) is 5.75 Å². The number of likely N-dealkylation sites (N-methyl/N-ethyl adjacent to an activating group) is 1. The second kappa shape index (κ2) is 6.41. The molecule has 0 aliphatic carbocycles. The van der Waals surface area contributed by atoms with E-state index in [0.717, 1.165) is 18.7 Å². The predicted molar refractivity (Wildman–Crippen MR) is 79.5 cm³/mol. The molecule has 126 valence electrons. The highest BCUT2D eigenvalue weighted by atomic mass is 19.1. The number of benzene rings is 1. The van der Waals surface area contributed by atoms with Crippen LogP contribution in [0.25, 0.3) is 0 Å². The van der Waals surface area contributed by atoms with Crippen LogP contribution >= 0.6 is 0 Å². The van der Waals surface area contributed by atoms with Gasteiger partial charge < -0.3 is 19.3 Å². The minimum Gasteiger partial charge on any atom is -0.491 e. The number of halogens is 2. The van der Waals surface area contributed by atoms with Crippen molar-refractivity contribution in [1.29, 1.82) is 0 Å². The number of ether oxygens (including phenoxy) is 2. The molecule has 1 amide bonds. The maximum absolute atomic E-state index is 13.9. The van der Waals surface area contributed by atoms with Gasteiger partial charge in [0.05, 0.1) is 26.4 Å². The van der Waals surface area contributed by atoms with Crippen molar-refractivity contribution in [1.82, 2.24) is 9.80 Å². The third kappa shape index (κ3) is 3.16. The van der Waals surface area contributed by atoms with Gasteiger partial charge in [-0.1, -0.05) is 0 Å². The standard InChI is InChI=1S/C16H20F2N2O3/c1-19-5-10-6-20(12(7-19)9-23-8-10)16(21)11-3-13(17)15(22-2)14(18)4-11/h3-4,10,12H,5-9H2,1-2H3/t10-,12-/m0/s1. The molecule has 2 fully saturated rings. The van der Waals surface area contributed by atoms with Gasteiger partial charge in [0.1, 0.15) is 0 Å². The molecule has 2 atom stereocenters. The fourth-order valence-corrected chi connectivity index (χ4v) is 3.37. The Morgan fingerprint density at radius 1 is 1.22 bits per heavy atom. The summed E-state index contributed by atoms with van der Waals surface area (Å²) in [6.45, 7) is 3.09. The highest BCUT2D eigenvalue weighted by Gasteiger charge is 2.35. The zero-order valence-corrected chi connectivity index (χ0v) is 13.2. The Morgan fingerprint density at radius 2 is 1.91 bits per heavy atom. The molecule has 0 saturated carbocycles. The molecule has 2 saturated heterocycles. The largest absolute Gasteiger partial charge is 0.491 e. The summed E-state index contributed by atoms with van der Waals surface area (Å²) in [5, 5.41) is 0. The summed E-state index contributed by atoms with van der Waals surface area (Å²) < 4.78 is 38.0. The van der Waals surface area contributed by atoms with Gasteiger partial charge in [-0.05, 0) is 19.2 Å². The third-order valence-electron chi connectivity index (χ3n) is 4.36. The molecule has 0 N–H and O–H groups in total. The summed E-state index contributed by atoms with van der Waals surface area (Å²) in [7, 11) is 3.19. The SMILES string of the molecule is COc1c(F)cc(C(=O)N2C[C@H]3COC[C@@H]2CN(C)C3)cc1F. The van der Waals surface area contributed by atoms with E-state index in [1.807, 2.05) is 7.05 Å². The quantitative estimate of drug-likeness (QED) is 0.823. The van der Waals surface area contributed by atoms with Crippen LogP contribution < -0.4 is 4.74 Å². The van der Waals surface area contributed by atoms with E-state index in [4.69, 9.17) is 4.74 Å². The third-order valence-corrected chi connectivity index (χ3v) is 4.36. The fourth-order valence-electron chi connectivity index (χ4n) is 3.37. The lowest BCUT2D eigenvalue weighted by molar-refractivity contribution is 0.0483. The number of hydrogen-bond acceptors (Lipinski definition) is 4. The molecule has 2 heterocycles. The van der Waals surface area contributed by atoms with Crippen LogP contribution in [0, 0.1) is 17.6 Å². The lowest BCUT2D eigenvalue weighted by Crippen LogP contribution is -2.46. The summed E-state index contributed by atoms with van der Waals surface area (Å²) in [6.07, 6.45) is 0. The Balaban J connectivity index is 1.90. The minimum atomic E-state index is -0.873. The van der Waals surface area contributed by atoms with Gasteiger partial charge in [0, 0.05) is 31.1 Å². The number of carbonyl (C=O) groups is 1. The van der Waals surface area contributed by atoms with Crippen molar-refractivity contribution in [2.24, 2.45) is 5.92 Å². The molecular weight excluding hydrogens is 306 g/mol. The highest BCUT2D eigenvalue weighted by molar-refractivity contribution is 5.94. The molecule has 0 radical (unpaired) electrons. The molecule has 2 aliphatic rings. The van der Waals surface area contributed by atoms with Crippen LogP contribution in [0.3, 0.4) is 0 Å². The maximum Gasteiger partial charge on any atom is 0.254 e. The molecular formula is C16H20F2N2O3. The Kier molecular flexibility index (Phi) is 4.50. The molecule has 2 aliphatic heterocycles. The average Bonchev–Trinajstić information content (AvgIpc) is 2.76. The number of carbonyl (C=O) groups excluding carboxylic acids is 1. The van der Waals surface area contributed by atoms with Crippen LogP contribution in [0.5, 0.6) is 5.75 Å². The van der Waals surface area contributed by atoms with E-state index >= 15 is 0 Å². The molecule has 1 aromatic carbocycles. The summed E-state index contributed by atoms with van der Waals surface area (Å²) >= 11 is 0. The molecule has 7 heteroatoms. The Bertz CT molecular complexity index is 588. The van der Waals surface area contributed by atoms with Crippen LogP contribution in [0.2, 0.25) is 0 Å². The maximum atomic E-state index is 13.9. The van der Waals surface area contributed by atoms with E-state index < -0.39 is 17.4 Å². The van der Waals surface area contributed by atoms with Crippen molar-refractivity contribution < 1.29 is 23.0 Å². The average molecular weight is 326 g/mol.